The van der Waals surface area contributed by atoms with Crippen LogP contribution in [-0.4, -0.2) is 38.3 Å². The van der Waals surface area contributed by atoms with Gasteiger partial charge in [0.2, 0.25) is 0 Å². The third-order valence-electron chi connectivity index (χ3n) is 4.38. The number of nitrogens with zero attached hydrogens (tertiary/aromatic N) is 5. The quantitative estimate of drug-likeness (QED) is 0.360. The summed E-state index contributed by atoms with van der Waals surface area (Å²) in [5.41, 5.74) is 1.04. The summed E-state index contributed by atoms with van der Waals surface area (Å²) in [5, 5.41) is 14.8. The fourth-order valence-corrected chi connectivity index (χ4v) is 3.68. The Labute approximate surface area is 182 Å². The molecule has 27 heavy (non-hydrogen) atoms. The number of aliphatic imine (C=N–C) groups is 1. The van der Waals surface area contributed by atoms with Crippen LogP contribution in [0, 0.1) is 0 Å². The smallest absolute Gasteiger partial charge is 0.191 e. The molecule has 0 fully saturated rings. The lowest BCUT2D eigenvalue weighted by Gasteiger charge is -2.25. The Hall–Kier alpha value is -1.23. The van der Waals surface area contributed by atoms with Crippen LogP contribution in [-0.2, 0) is 25.9 Å². The highest BCUT2D eigenvalue weighted by atomic mass is 127. The highest BCUT2D eigenvalue weighted by molar-refractivity contribution is 14.0. The minimum absolute atomic E-state index is 0. The van der Waals surface area contributed by atoms with Crippen LogP contribution in [0.2, 0.25) is 0 Å². The molecule has 3 heterocycles. The summed E-state index contributed by atoms with van der Waals surface area (Å²) in [5.74, 6) is 3.25. The van der Waals surface area contributed by atoms with Gasteiger partial charge in [-0.2, -0.15) is 5.10 Å². The van der Waals surface area contributed by atoms with Crippen molar-refractivity contribution in [2.24, 2.45) is 4.99 Å². The average Bonchev–Trinajstić information content (AvgIpc) is 3.26. The Morgan fingerprint density at radius 3 is 2.85 bits per heavy atom. The van der Waals surface area contributed by atoms with Gasteiger partial charge in [-0.15, -0.1) is 35.3 Å². The lowest BCUT2D eigenvalue weighted by molar-refractivity contribution is 0.391. The third kappa shape index (κ3) is 5.87. The van der Waals surface area contributed by atoms with Crippen molar-refractivity contribution in [2.45, 2.75) is 72.0 Å². The molecule has 0 aliphatic carbocycles. The molecular formula is C18H30IN7S. The normalized spacial score (nSPS) is 16.8. The number of aromatic nitrogens is 4. The zero-order valence-corrected chi connectivity index (χ0v) is 19.7. The molecule has 150 valence electrons. The highest BCUT2D eigenvalue weighted by Crippen LogP contribution is 2.17. The SMILES string of the molecule is CCNC(=NCc1csc(CC)n1)NC1CCc2nc(C(C)C)nn2C1.I. The Bertz CT molecular complexity index is 753. The lowest BCUT2D eigenvalue weighted by Crippen LogP contribution is -2.47. The zero-order valence-electron chi connectivity index (χ0n) is 16.5. The van der Waals surface area contributed by atoms with Crippen LogP contribution in [0.5, 0.6) is 0 Å². The van der Waals surface area contributed by atoms with E-state index in [9.17, 15) is 0 Å². The topological polar surface area (TPSA) is 80.0 Å². The molecular weight excluding hydrogens is 473 g/mol. The molecule has 0 spiro atoms. The van der Waals surface area contributed by atoms with E-state index in [1.807, 2.05) is 4.68 Å². The Morgan fingerprint density at radius 2 is 2.19 bits per heavy atom. The molecule has 0 aromatic carbocycles. The van der Waals surface area contributed by atoms with E-state index in [-0.39, 0.29) is 24.0 Å². The first-order valence-corrected chi connectivity index (χ1v) is 10.4. The molecule has 1 aliphatic rings. The summed E-state index contributed by atoms with van der Waals surface area (Å²) in [7, 11) is 0. The predicted molar refractivity (Wildman–Crippen MR) is 121 cm³/mol. The first-order valence-electron chi connectivity index (χ1n) is 9.50. The fourth-order valence-electron chi connectivity index (χ4n) is 2.95. The van der Waals surface area contributed by atoms with Crippen LogP contribution in [0.15, 0.2) is 10.4 Å². The first-order chi connectivity index (χ1) is 12.6. The molecule has 9 heteroatoms. The van der Waals surface area contributed by atoms with E-state index < -0.39 is 0 Å². The number of halogens is 1. The van der Waals surface area contributed by atoms with Crippen LogP contribution in [0.1, 0.15) is 62.4 Å². The molecule has 2 aromatic heterocycles. The summed E-state index contributed by atoms with van der Waals surface area (Å²) in [4.78, 5) is 14.0. The average molecular weight is 503 g/mol. The molecule has 0 bridgehead atoms. The van der Waals surface area contributed by atoms with Gasteiger partial charge in [0.1, 0.15) is 5.82 Å². The van der Waals surface area contributed by atoms with E-state index in [0.717, 1.165) is 55.7 Å². The maximum absolute atomic E-state index is 4.71. The maximum Gasteiger partial charge on any atom is 0.191 e. The number of nitrogens with one attached hydrogen (secondary N) is 2. The second-order valence-corrected chi connectivity index (χ2v) is 7.83. The highest BCUT2D eigenvalue weighted by Gasteiger charge is 2.23. The second kappa shape index (κ2) is 10.4. The molecule has 1 unspecified atom stereocenters. The molecule has 0 amide bonds. The van der Waals surface area contributed by atoms with E-state index in [1.54, 1.807) is 11.3 Å². The van der Waals surface area contributed by atoms with Gasteiger partial charge in [0.05, 0.1) is 23.8 Å². The predicted octanol–water partition coefficient (Wildman–Crippen LogP) is 3.11. The van der Waals surface area contributed by atoms with Gasteiger partial charge in [0.15, 0.2) is 11.8 Å². The molecule has 7 nitrogen and oxygen atoms in total. The van der Waals surface area contributed by atoms with Gasteiger partial charge >= 0.3 is 0 Å². The van der Waals surface area contributed by atoms with Gasteiger partial charge < -0.3 is 10.6 Å². The summed E-state index contributed by atoms with van der Waals surface area (Å²) in [6.45, 7) is 10.7. The molecule has 2 aromatic rings. The van der Waals surface area contributed by atoms with Gasteiger partial charge in [-0.25, -0.2) is 19.6 Å². The van der Waals surface area contributed by atoms with Crippen molar-refractivity contribution in [1.82, 2.24) is 30.4 Å². The number of hydrogen-bond donors (Lipinski definition) is 2. The van der Waals surface area contributed by atoms with Gasteiger partial charge in [0.25, 0.3) is 0 Å². The molecule has 0 saturated carbocycles. The Kier molecular flexibility index (Phi) is 8.46. The van der Waals surface area contributed by atoms with Crippen molar-refractivity contribution in [3.63, 3.8) is 0 Å². The van der Waals surface area contributed by atoms with Crippen LogP contribution in [0.4, 0.5) is 0 Å². The molecule has 0 saturated heterocycles. The van der Waals surface area contributed by atoms with Crippen LogP contribution in [0.25, 0.3) is 0 Å². The monoisotopic (exact) mass is 503 g/mol. The summed E-state index contributed by atoms with van der Waals surface area (Å²) < 4.78 is 2.05. The Balaban J connectivity index is 0.00000261. The summed E-state index contributed by atoms with van der Waals surface area (Å²) in [6, 6.07) is 0.309. The van der Waals surface area contributed by atoms with E-state index in [4.69, 9.17) is 4.99 Å². The van der Waals surface area contributed by atoms with E-state index >= 15 is 0 Å². The van der Waals surface area contributed by atoms with Crippen LogP contribution >= 0.6 is 35.3 Å². The number of rotatable bonds is 6. The fraction of sp³-hybridized carbons (Fsp3) is 0.667. The van der Waals surface area contributed by atoms with E-state index in [2.05, 4.69) is 58.8 Å². The number of aryl methyl sites for hydroxylation is 2. The molecule has 1 aliphatic heterocycles. The maximum atomic E-state index is 4.71. The van der Waals surface area contributed by atoms with Crippen molar-refractivity contribution in [1.29, 1.82) is 0 Å². The van der Waals surface area contributed by atoms with Gasteiger partial charge in [-0.3, -0.25) is 0 Å². The Morgan fingerprint density at radius 1 is 1.37 bits per heavy atom. The summed E-state index contributed by atoms with van der Waals surface area (Å²) >= 11 is 1.71. The second-order valence-electron chi connectivity index (χ2n) is 6.88. The van der Waals surface area contributed by atoms with Crippen molar-refractivity contribution in [3.05, 3.63) is 27.7 Å². The number of thiazole rings is 1. The first kappa shape index (κ1) is 22.1. The van der Waals surface area contributed by atoms with Gasteiger partial charge in [-0.1, -0.05) is 20.8 Å². The number of fused-ring (bicyclic) bond motifs is 1. The largest absolute Gasteiger partial charge is 0.357 e. The zero-order chi connectivity index (χ0) is 18.5. The number of hydrogen-bond acceptors (Lipinski definition) is 5. The number of guanidine groups is 1. The van der Waals surface area contributed by atoms with Crippen LogP contribution in [0.3, 0.4) is 0 Å². The van der Waals surface area contributed by atoms with Crippen molar-refractivity contribution < 1.29 is 0 Å². The molecule has 3 rings (SSSR count). The van der Waals surface area contributed by atoms with Crippen molar-refractivity contribution in [3.8, 4) is 0 Å². The van der Waals surface area contributed by atoms with Gasteiger partial charge in [0, 0.05) is 30.3 Å². The van der Waals surface area contributed by atoms with E-state index in [1.165, 1.54) is 5.01 Å². The molecule has 0 radical (unpaired) electrons. The van der Waals surface area contributed by atoms with Crippen molar-refractivity contribution in [2.75, 3.05) is 6.54 Å². The lowest BCUT2D eigenvalue weighted by atomic mass is 10.1. The third-order valence-corrected chi connectivity index (χ3v) is 5.42. The van der Waals surface area contributed by atoms with Gasteiger partial charge in [-0.05, 0) is 19.8 Å². The standard InChI is InChI=1S/C18H29N7S.HI/c1-5-16-21-14(11-26-16)9-20-18(19-6-2)22-13-7-8-15-23-17(12(3)4)24-25(15)10-13;/h11-13H,5-10H2,1-4H3,(H2,19,20,22);1H. The minimum Gasteiger partial charge on any atom is -0.357 e. The summed E-state index contributed by atoms with van der Waals surface area (Å²) in [6.07, 6.45) is 2.97. The van der Waals surface area contributed by atoms with E-state index in [0.29, 0.717) is 18.5 Å². The molecule has 2 N–H and O–H groups in total. The molecule has 1 atom stereocenters. The van der Waals surface area contributed by atoms with Crippen LogP contribution < -0.4 is 10.6 Å². The van der Waals surface area contributed by atoms with Crippen molar-refractivity contribution >= 4 is 41.3 Å². The minimum atomic E-state index is 0.